The van der Waals surface area contributed by atoms with E-state index in [0.29, 0.717) is 6.54 Å². The van der Waals surface area contributed by atoms with E-state index in [1.807, 2.05) is 6.92 Å². The van der Waals surface area contributed by atoms with E-state index in [0.717, 1.165) is 10.3 Å². The average molecular weight is 241 g/mol. The number of nitriles is 1. The van der Waals surface area contributed by atoms with E-state index in [4.69, 9.17) is 5.26 Å². The van der Waals surface area contributed by atoms with Crippen LogP contribution < -0.4 is 5.32 Å². The molecule has 0 aliphatic heterocycles. The Hall–Kier alpha value is -1.15. The van der Waals surface area contributed by atoms with Crippen molar-refractivity contribution in [2.24, 2.45) is 5.92 Å². The van der Waals surface area contributed by atoms with Gasteiger partial charge in [-0.05, 0) is 22.9 Å². The fourth-order valence-electron chi connectivity index (χ4n) is 0.738. The van der Waals surface area contributed by atoms with Crippen LogP contribution >= 0.6 is 15.9 Å². The van der Waals surface area contributed by atoms with Gasteiger partial charge >= 0.3 is 0 Å². The molecule has 0 aliphatic rings. The molecule has 0 amide bonds. The lowest BCUT2D eigenvalue weighted by Gasteiger charge is -2.06. The summed E-state index contributed by atoms with van der Waals surface area (Å²) < 4.78 is 0.806. The molecule has 0 aromatic carbocycles. The summed E-state index contributed by atoms with van der Waals surface area (Å²) in [5.74, 6) is 0.693. The molecular formula is C8H9BrN4. The van der Waals surface area contributed by atoms with Crippen LogP contribution in [-0.4, -0.2) is 16.5 Å². The first kappa shape index (κ1) is 9.93. The predicted molar refractivity (Wildman–Crippen MR) is 53.0 cm³/mol. The smallest absolute Gasteiger partial charge is 0.143 e. The van der Waals surface area contributed by atoms with Gasteiger partial charge in [0.1, 0.15) is 12.1 Å². The second kappa shape index (κ2) is 4.77. The quantitative estimate of drug-likeness (QED) is 0.876. The van der Waals surface area contributed by atoms with E-state index in [1.165, 1.54) is 6.33 Å². The molecule has 5 heteroatoms. The molecule has 0 saturated heterocycles. The fraction of sp³-hybridized carbons (Fsp3) is 0.375. The Morgan fingerprint density at radius 3 is 3.15 bits per heavy atom. The van der Waals surface area contributed by atoms with E-state index < -0.39 is 0 Å². The molecule has 4 nitrogen and oxygen atoms in total. The summed E-state index contributed by atoms with van der Waals surface area (Å²) in [6.07, 6.45) is 3.12. The summed E-state index contributed by atoms with van der Waals surface area (Å²) in [7, 11) is 0. The molecule has 1 aromatic heterocycles. The average Bonchev–Trinajstić information content (AvgIpc) is 2.16. The van der Waals surface area contributed by atoms with Crippen LogP contribution in [0.15, 0.2) is 17.0 Å². The van der Waals surface area contributed by atoms with Crippen molar-refractivity contribution < 1.29 is 0 Å². The van der Waals surface area contributed by atoms with Crippen molar-refractivity contribution in [3.8, 4) is 6.07 Å². The van der Waals surface area contributed by atoms with Gasteiger partial charge in [-0.2, -0.15) is 5.26 Å². The van der Waals surface area contributed by atoms with E-state index in [2.05, 4.69) is 37.3 Å². The molecule has 0 fully saturated rings. The molecule has 13 heavy (non-hydrogen) atoms. The molecule has 0 spiro atoms. The summed E-state index contributed by atoms with van der Waals surface area (Å²) in [5, 5.41) is 11.6. The second-order valence-electron chi connectivity index (χ2n) is 2.63. The molecule has 0 bridgehead atoms. The van der Waals surface area contributed by atoms with Gasteiger partial charge in [0.05, 0.1) is 16.5 Å². The number of halogens is 1. The largest absolute Gasteiger partial charge is 0.368 e. The van der Waals surface area contributed by atoms with Crippen LogP contribution in [0.5, 0.6) is 0 Å². The number of aromatic nitrogens is 2. The number of anilines is 1. The maximum Gasteiger partial charge on any atom is 0.143 e. The Morgan fingerprint density at radius 2 is 2.54 bits per heavy atom. The molecule has 1 rings (SSSR count). The summed E-state index contributed by atoms with van der Waals surface area (Å²) in [6, 6.07) is 2.13. The highest BCUT2D eigenvalue weighted by Crippen LogP contribution is 2.16. The lowest BCUT2D eigenvalue weighted by Crippen LogP contribution is -2.10. The van der Waals surface area contributed by atoms with Crippen molar-refractivity contribution >= 4 is 21.7 Å². The topological polar surface area (TPSA) is 61.6 Å². The van der Waals surface area contributed by atoms with E-state index >= 15 is 0 Å². The number of nitrogens with zero attached hydrogens (tertiary/aromatic N) is 3. The van der Waals surface area contributed by atoms with Crippen molar-refractivity contribution in [2.75, 3.05) is 11.9 Å². The monoisotopic (exact) mass is 240 g/mol. The van der Waals surface area contributed by atoms with Gasteiger partial charge in [-0.25, -0.2) is 9.97 Å². The van der Waals surface area contributed by atoms with Crippen molar-refractivity contribution in [1.82, 2.24) is 9.97 Å². The third kappa shape index (κ3) is 2.99. The number of nitrogens with one attached hydrogen (secondary N) is 1. The van der Waals surface area contributed by atoms with Crippen molar-refractivity contribution in [1.29, 1.82) is 5.26 Å². The minimum Gasteiger partial charge on any atom is -0.368 e. The zero-order valence-electron chi connectivity index (χ0n) is 7.16. The fourth-order valence-corrected chi connectivity index (χ4v) is 1.10. The maximum atomic E-state index is 8.55. The first-order valence-corrected chi connectivity index (χ1v) is 4.62. The van der Waals surface area contributed by atoms with Gasteiger partial charge in [0, 0.05) is 12.7 Å². The van der Waals surface area contributed by atoms with Gasteiger partial charge in [-0.3, -0.25) is 0 Å². The Balaban J connectivity index is 2.56. The molecule has 1 N–H and O–H groups in total. The molecular weight excluding hydrogens is 232 g/mol. The first-order valence-electron chi connectivity index (χ1n) is 3.83. The molecule has 1 aromatic rings. The molecule has 1 atom stereocenters. The normalized spacial score (nSPS) is 11.8. The Kier molecular flexibility index (Phi) is 3.65. The van der Waals surface area contributed by atoms with E-state index in [9.17, 15) is 0 Å². The summed E-state index contributed by atoms with van der Waals surface area (Å²) in [4.78, 5) is 7.84. The van der Waals surface area contributed by atoms with Gasteiger partial charge in [-0.1, -0.05) is 0 Å². The standard InChI is InChI=1S/C8H9BrN4/c1-6(2-10)3-12-8-7(9)4-11-5-13-8/h4-6H,3H2,1H3,(H,11,12,13). The number of hydrogen-bond donors (Lipinski definition) is 1. The molecule has 68 valence electrons. The van der Waals surface area contributed by atoms with Gasteiger partial charge in [0.2, 0.25) is 0 Å². The zero-order chi connectivity index (χ0) is 9.68. The molecule has 0 aliphatic carbocycles. The highest BCUT2D eigenvalue weighted by Gasteiger charge is 2.02. The lowest BCUT2D eigenvalue weighted by atomic mass is 10.2. The Bertz CT molecular complexity index is 320. The Morgan fingerprint density at radius 1 is 1.77 bits per heavy atom. The lowest BCUT2D eigenvalue weighted by molar-refractivity contribution is 0.782. The minimum atomic E-state index is -0.0261. The van der Waals surface area contributed by atoms with Crippen LogP contribution in [0.1, 0.15) is 6.92 Å². The van der Waals surface area contributed by atoms with Crippen molar-refractivity contribution in [3.63, 3.8) is 0 Å². The van der Waals surface area contributed by atoms with Crippen LogP contribution in [0.25, 0.3) is 0 Å². The van der Waals surface area contributed by atoms with Gasteiger partial charge in [-0.15, -0.1) is 0 Å². The van der Waals surface area contributed by atoms with Crippen molar-refractivity contribution in [2.45, 2.75) is 6.92 Å². The SMILES string of the molecule is CC(C#N)CNc1ncncc1Br. The Labute approximate surface area is 85.1 Å². The van der Waals surface area contributed by atoms with Gasteiger partial charge < -0.3 is 5.32 Å². The highest BCUT2D eigenvalue weighted by atomic mass is 79.9. The van der Waals surface area contributed by atoms with E-state index in [1.54, 1.807) is 6.20 Å². The maximum absolute atomic E-state index is 8.55. The zero-order valence-corrected chi connectivity index (χ0v) is 8.74. The molecule has 1 heterocycles. The third-order valence-electron chi connectivity index (χ3n) is 1.46. The molecule has 0 saturated carbocycles. The molecule has 1 unspecified atom stereocenters. The highest BCUT2D eigenvalue weighted by molar-refractivity contribution is 9.10. The second-order valence-corrected chi connectivity index (χ2v) is 3.48. The van der Waals surface area contributed by atoms with Crippen LogP contribution in [0, 0.1) is 17.2 Å². The summed E-state index contributed by atoms with van der Waals surface area (Å²) in [6.45, 7) is 2.44. The summed E-state index contributed by atoms with van der Waals surface area (Å²) >= 11 is 3.30. The van der Waals surface area contributed by atoms with Gasteiger partial charge in [0.15, 0.2) is 0 Å². The van der Waals surface area contributed by atoms with E-state index in [-0.39, 0.29) is 5.92 Å². The minimum absolute atomic E-state index is 0.0261. The van der Waals surface area contributed by atoms with Crippen LogP contribution in [0.4, 0.5) is 5.82 Å². The van der Waals surface area contributed by atoms with Crippen LogP contribution in [0.2, 0.25) is 0 Å². The third-order valence-corrected chi connectivity index (χ3v) is 2.04. The summed E-state index contributed by atoms with van der Waals surface area (Å²) in [5.41, 5.74) is 0. The number of hydrogen-bond acceptors (Lipinski definition) is 4. The van der Waals surface area contributed by atoms with Gasteiger partial charge in [0.25, 0.3) is 0 Å². The van der Waals surface area contributed by atoms with Crippen LogP contribution in [-0.2, 0) is 0 Å². The molecule has 0 radical (unpaired) electrons. The number of rotatable bonds is 3. The predicted octanol–water partition coefficient (Wildman–Crippen LogP) is 1.81. The van der Waals surface area contributed by atoms with Crippen molar-refractivity contribution in [3.05, 3.63) is 17.0 Å². The van der Waals surface area contributed by atoms with Crippen LogP contribution in [0.3, 0.4) is 0 Å². The first-order chi connectivity index (χ1) is 6.24.